The number of ether oxygens (including phenoxy) is 2. The smallest absolute Gasteiger partial charge is 0.392 e. The summed E-state index contributed by atoms with van der Waals surface area (Å²) < 4.78 is 70.8. The molecule has 0 aliphatic heterocycles. The van der Waals surface area contributed by atoms with Gasteiger partial charge in [0, 0.05) is 11.6 Å². The molecule has 0 radical (unpaired) electrons. The van der Waals surface area contributed by atoms with E-state index in [0.717, 1.165) is 6.07 Å². The zero-order valence-corrected chi connectivity index (χ0v) is 14.2. The number of carbonyl (C=O) groups is 1. The third-order valence-electron chi connectivity index (χ3n) is 3.61. The summed E-state index contributed by atoms with van der Waals surface area (Å²) in [7, 11) is 0. The molecule has 0 amide bonds. The van der Waals surface area contributed by atoms with Crippen LogP contribution in [0.2, 0.25) is 0 Å². The SMILES string of the molecule is CCC(C)c1cc([N+](=O)[O-])cc([N+](=O)[O-])c1OC(=O)OC(F)C(F)(F)C(F)F. The number of halogens is 5. The lowest BCUT2D eigenvalue weighted by atomic mass is 9.96. The zero-order chi connectivity index (χ0) is 21.8. The number of carbonyl (C=O) groups excluding carboxylic acids is 1. The molecule has 0 aromatic heterocycles. The van der Waals surface area contributed by atoms with Gasteiger partial charge in [-0.15, -0.1) is 0 Å². The van der Waals surface area contributed by atoms with E-state index in [1.165, 1.54) is 6.92 Å². The van der Waals surface area contributed by atoms with Crippen molar-refractivity contribution in [3.05, 3.63) is 37.9 Å². The van der Waals surface area contributed by atoms with Gasteiger partial charge in [0.05, 0.1) is 15.9 Å². The van der Waals surface area contributed by atoms with Gasteiger partial charge in [-0.2, -0.15) is 13.2 Å². The van der Waals surface area contributed by atoms with E-state index >= 15 is 0 Å². The number of hydrogen-bond donors (Lipinski definition) is 0. The molecule has 0 N–H and O–H groups in total. The molecular weight excluding hydrogens is 403 g/mol. The van der Waals surface area contributed by atoms with Crippen LogP contribution in [0.15, 0.2) is 12.1 Å². The van der Waals surface area contributed by atoms with Crippen molar-refractivity contribution in [2.45, 2.75) is 44.9 Å². The van der Waals surface area contributed by atoms with Gasteiger partial charge in [0.25, 0.3) is 5.69 Å². The van der Waals surface area contributed by atoms with E-state index < -0.39 is 57.7 Å². The van der Waals surface area contributed by atoms with Crippen LogP contribution in [0.4, 0.5) is 38.1 Å². The number of benzene rings is 1. The highest BCUT2D eigenvalue weighted by Crippen LogP contribution is 2.40. The Morgan fingerprint density at radius 1 is 1.18 bits per heavy atom. The number of non-ortho nitro benzene ring substituents is 1. The average molecular weight is 416 g/mol. The van der Waals surface area contributed by atoms with Crippen LogP contribution in [0.1, 0.15) is 31.7 Å². The molecule has 1 aromatic rings. The molecule has 0 fully saturated rings. The summed E-state index contributed by atoms with van der Waals surface area (Å²) in [6, 6.07) is 1.26. The van der Waals surface area contributed by atoms with Crippen LogP contribution < -0.4 is 4.74 Å². The third kappa shape index (κ3) is 5.01. The van der Waals surface area contributed by atoms with Crippen molar-refractivity contribution in [3.63, 3.8) is 0 Å². The molecule has 0 bridgehead atoms. The number of nitro groups is 2. The van der Waals surface area contributed by atoms with Gasteiger partial charge < -0.3 is 9.47 Å². The second-order valence-corrected chi connectivity index (χ2v) is 5.47. The minimum Gasteiger partial charge on any atom is -0.392 e. The van der Waals surface area contributed by atoms with E-state index in [4.69, 9.17) is 0 Å². The predicted molar refractivity (Wildman–Crippen MR) is 81.4 cm³/mol. The van der Waals surface area contributed by atoms with Crippen LogP contribution in [-0.4, -0.2) is 34.7 Å². The van der Waals surface area contributed by atoms with E-state index in [2.05, 4.69) is 9.47 Å². The van der Waals surface area contributed by atoms with Crippen molar-refractivity contribution >= 4 is 17.5 Å². The normalized spacial score (nSPS) is 13.7. The van der Waals surface area contributed by atoms with Crippen molar-refractivity contribution in [2.24, 2.45) is 0 Å². The summed E-state index contributed by atoms with van der Waals surface area (Å²) in [5.41, 5.74) is -2.07. The molecule has 0 spiro atoms. The van der Waals surface area contributed by atoms with Crippen molar-refractivity contribution in [1.29, 1.82) is 0 Å². The van der Waals surface area contributed by atoms with E-state index in [1.54, 1.807) is 6.92 Å². The van der Waals surface area contributed by atoms with Gasteiger partial charge in [-0.05, 0) is 12.3 Å². The van der Waals surface area contributed by atoms with E-state index in [0.29, 0.717) is 6.07 Å². The molecule has 2 unspecified atom stereocenters. The largest absolute Gasteiger partial charge is 0.516 e. The Kier molecular flexibility index (Phi) is 7.18. The summed E-state index contributed by atoms with van der Waals surface area (Å²) >= 11 is 0. The Morgan fingerprint density at radius 2 is 1.75 bits per heavy atom. The lowest BCUT2D eigenvalue weighted by molar-refractivity contribution is -0.394. The summed E-state index contributed by atoms with van der Waals surface area (Å²) in [6.45, 7) is 3.03. The molecule has 1 aromatic carbocycles. The molecular formula is C14H13F5N2O7. The van der Waals surface area contributed by atoms with E-state index in [1.807, 2.05) is 0 Å². The first-order valence-corrected chi connectivity index (χ1v) is 7.48. The topological polar surface area (TPSA) is 122 Å². The van der Waals surface area contributed by atoms with Gasteiger partial charge in [0.15, 0.2) is 0 Å². The highest BCUT2D eigenvalue weighted by atomic mass is 19.3. The first kappa shape index (κ1) is 23.0. The molecule has 0 heterocycles. The molecule has 28 heavy (non-hydrogen) atoms. The maximum Gasteiger partial charge on any atom is 0.516 e. The van der Waals surface area contributed by atoms with Gasteiger partial charge in [0.2, 0.25) is 5.75 Å². The van der Waals surface area contributed by atoms with Gasteiger partial charge >= 0.3 is 30.5 Å². The first-order valence-electron chi connectivity index (χ1n) is 7.48. The quantitative estimate of drug-likeness (QED) is 0.197. The number of rotatable bonds is 8. The van der Waals surface area contributed by atoms with Crippen molar-refractivity contribution in [3.8, 4) is 5.75 Å². The Bertz CT molecular complexity index is 775. The second-order valence-electron chi connectivity index (χ2n) is 5.47. The fourth-order valence-corrected chi connectivity index (χ4v) is 1.93. The summed E-state index contributed by atoms with van der Waals surface area (Å²) in [4.78, 5) is 31.5. The fraction of sp³-hybridized carbons (Fsp3) is 0.500. The van der Waals surface area contributed by atoms with Crippen molar-refractivity contribution in [1.82, 2.24) is 0 Å². The van der Waals surface area contributed by atoms with Crippen molar-refractivity contribution < 1.29 is 46.1 Å². The molecule has 2 atom stereocenters. The molecule has 1 rings (SSSR count). The third-order valence-corrected chi connectivity index (χ3v) is 3.61. The number of alkyl halides is 5. The van der Waals surface area contributed by atoms with Crippen LogP contribution in [0, 0.1) is 20.2 Å². The average Bonchev–Trinajstić information content (AvgIpc) is 2.60. The maximum absolute atomic E-state index is 13.2. The van der Waals surface area contributed by atoms with Crippen LogP contribution >= 0.6 is 0 Å². The second kappa shape index (κ2) is 8.75. The van der Waals surface area contributed by atoms with Crippen molar-refractivity contribution in [2.75, 3.05) is 0 Å². The lowest BCUT2D eigenvalue weighted by Gasteiger charge is -2.20. The Balaban J connectivity index is 3.33. The molecule has 0 aliphatic rings. The van der Waals surface area contributed by atoms with Gasteiger partial charge in [0.1, 0.15) is 0 Å². The monoisotopic (exact) mass is 416 g/mol. The Hall–Kier alpha value is -3.06. The van der Waals surface area contributed by atoms with E-state index in [-0.39, 0.29) is 12.0 Å². The maximum atomic E-state index is 13.2. The molecule has 156 valence electrons. The number of nitro benzene ring substituents is 2. The molecule has 14 heteroatoms. The minimum atomic E-state index is -5.35. The molecule has 0 aliphatic carbocycles. The van der Waals surface area contributed by atoms with Crippen LogP contribution in [0.3, 0.4) is 0 Å². The molecule has 0 saturated carbocycles. The summed E-state index contributed by atoms with van der Waals surface area (Å²) in [5, 5.41) is 22.1. The first-order chi connectivity index (χ1) is 12.8. The highest BCUT2D eigenvalue weighted by Gasteiger charge is 2.52. The highest BCUT2D eigenvalue weighted by molar-refractivity contribution is 5.70. The number of hydrogen-bond acceptors (Lipinski definition) is 7. The minimum absolute atomic E-state index is 0.239. The van der Waals surface area contributed by atoms with Gasteiger partial charge in [-0.25, -0.2) is 13.6 Å². The van der Waals surface area contributed by atoms with Gasteiger partial charge in [-0.1, -0.05) is 13.8 Å². The van der Waals surface area contributed by atoms with E-state index in [9.17, 15) is 47.0 Å². The lowest BCUT2D eigenvalue weighted by Crippen LogP contribution is -2.41. The summed E-state index contributed by atoms with van der Waals surface area (Å²) in [6.07, 6.45) is -10.6. The fourth-order valence-electron chi connectivity index (χ4n) is 1.93. The zero-order valence-electron chi connectivity index (χ0n) is 14.2. The Labute approximate surface area is 153 Å². The van der Waals surface area contributed by atoms with Gasteiger partial charge in [-0.3, -0.25) is 20.2 Å². The van der Waals surface area contributed by atoms with Crippen LogP contribution in [0.25, 0.3) is 0 Å². The standard InChI is InChI=1S/C14H13F5N2O7/c1-3-6(2)8-4-7(20(23)24)5-9(21(25)26)10(8)27-13(22)28-12(17)14(18,19)11(15)16/h4-6,11-12H,3H2,1-2H3. The predicted octanol–water partition coefficient (Wildman–Crippen LogP) is 4.73. The van der Waals surface area contributed by atoms with Crippen LogP contribution in [-0.2, 0) is 4.74 Å². The Morgan fingerprint density at radius 3 is 2.18 bits per heavy atom. The molecule has 0 saturated heterocycles. The number of nitrogens with zero attached hydrogens (tertiary/aromatic N) is 2. The van der Waals surface area contributed by atoms with Crippen LogP contribution in [0.5, 0.6) is 5.75 Å². The summed E-state index contributed by atoms with van der Waals surface area (Å²) in [5.74, 6) is -6.92. The molecule has 9 nitrogen and oxygen atoms in total.